The Morgan fingerprint density at radius 2 is 1.79 bits per heavy atom. The zero-order chi connectivity index (χ0) is 26.2. The Kier molecular flexibility index (Phi) is 6.14. The number of rotatable bonds is 5. The van der Waals surface area contributed by atoms with Gasteiger partial charge in [0.05, 0.1) is 6.26 Å². The molecule has 0 spiro atoms. The lowest BCUT2D eigenvalue weighted by molar-refractivity contribution is -0.135. The molecule has 0 radical (unpaired) electrons. The second-order valence-electron chi connectivity index (χ2n) is 9.69. The van der Waals surface area contributed by atoms with Gasteiger partial charge in [-0.05, 0) is 49.9 Å². The van der Waals surface area contributed by atoms with Crippen LogP contribution in [0, 0.1) is 5.92 Å². The lowest BCUT2D eigenvalue weighted by atomic mass is 9.94. The lowest BCUT2D eigenvalue weighted by Gasteiger charge is -2.36. The fourth-order valence-electron chi connectivity index (χ4n) is 5.31. The van der Waals surface area contributed by atoms with E-state index in [4.69, 9.17) is 10.2 Å². The van der Waals surface area contributed by atoms with Crippen molar-refractivity contribution in [2.75, 3.05) is 42.2 Å². The molecule has 2 saturated heterocycles. The Balaban J connectivity index is 1.14. The van der Waals surface area contributed by atoms with E-state index < -0.39 is 0 Å². The molecule has 2 aliphatic rings. The minimum absolute atomic E-state index is 0.0320. The Bertz CT molecular complexity index is 1450. The van der Waals surface area contributed by atoms with Crippen LogP contribution in [0.5, 0.6) is 0 Å². The Labute approximate surface area is 219 Å². The van der Waals surface area contributed by atoms with Crippen LogP contribution in [0.1, 0.15) is 25.7 Å². The molecular formula is C26H29N9O3. The van der Waals surface area contributed by atoms with Crippen molar-refractivity contribution in [3.05, 3.63) is 48.7 Å². The SMILES string of the molecule is CN(C(=O)C1CCN(C(=O)[C@@H]2CCCN2c2nc(N)n3nc(-c4ccco4)nc3n2)CC1)c1ccccc1. The summed E-state index contributed by atoms with van der Waals surface area (Å²) in [4.78, 5) is 45.6. The largest absolute Gasteiger partial charge is 0.461 e. The number of hydrogen-bond acceptors (Lipinski definition) is 9. The van der Waals surface area contributed by atoms with Crippen molar-refractivity contribution in [3.63, 3.8) is 0 Å². The van der Waals surface area contributed by atoms with E-state index in [-0.39, 0.29) is 29.7 Å². The van der Waals surface area contributed by atoms with Gasteiger partial charge in [-0.25, -0.2) is 0 Å². The molecule has 6 rings (SSSR count). The van der Waals surface area contributed by atoms with Gasteiger partial charge in [0, 0.05) is 38.3 Å². The lowest BCUT2D eigenvalue weighted by Crippen LogP contribution is -2.50. The van der Waals surface area contributed by atoms with Gasteiger partial charge in [-0.1, -0.05) is 18.2 Å². The minimum atomic E-state index is -0.386. The molecule has 38 heavy (non-hydrogen) atoms. The number of nitrogens with zero attached hydrogens (tertiary/aromatic N) is 8. The van der Waals surface area contributed by atoms with Crippen LogP contribution in [-0.4, -0.2) is 74.0 Å². The maximum absolute atomic E-state index is 13.6. The first kappa shape index (κ1) is 23.9. The predicted octanol–water partition coefficient (Wildman–Crippen LogP) is 2.23. The highest BCUT2D eigenvalue weighted by Crippen LogP contribution is 2.28. The summed E-state index contributed by atoms with van der Waals surface area (Å²) in [5.41, 5.74) is 7.06. The zero-order valence-electron chi connectivity index (χ0n) is 21.1. The number of likely N-dealkylation sites (tertiary alicyclic amines) is 1. The fourth-order valence-corrected chi connectivity index (χ4v) is 5.31. The third-order valence-electron chi connectivity index (χ3n) is 7.39. The van der Waals surface area contributed by atoms with E-state index in [9.17, 15) is 9.59 Å². The average molecular weight is 516 g/mol. The van der Waals surface area contributed by atoms with E-state index in [2.05, 4.69) is 20.1 Å². The van der Waals surface area contributed by atoms with Crippen molar-refractivity contribution in [1.29, 1.82) is 0 Å². The molecule has 0 aliphatic carbocycles. The molecule has 0 saturated carbocycles. The fraction of sp³-hybridized carbons (Fsp3) is 0.385. The van der Waals surface area contributed by atoms with Crippen LogP contribution in [0.3, 0.4) is 0 Å². The summed E-state index contributed by atoms with van der Waals surface area (Å²) in [6, 6.07) is 12.7. The summed E-state index contributed by atoms with van der Waals surface area (Å²) in [6.07, 6.45) is 4.36. The number of nitrogens with two attached hydrogens (primary N) is 1. The second-order valence-corrected chi connectivity index (χ2v) is 9.69. The minimum Gasteiger partial charge on any atom is -0.461 e. The first-order chi connectivity index (χ1) is 18.5. The van der Waals surface area contributed by atoms with Gasteiger partial charge < -0.3 is 24.9 Å². The highest BCUT2D eigenvalue weighted by molar-refractivity contribution is 5.94. The predicted molar refractivity (Wildman–Crippen MR) is 140 cm³/mol. The van der Waals surface area contributed by atoms with Crippen LogP contribution in [0.25, 0.3) is 17.4 Å². The van der Waals surface area contributed by atoms with Gasteiger partial charge in [-0.3, -0.25) is 9.59 Å². The van der Waals surface area contributed by atoms with E-state index in [1.165, 1.54) is 4.52 Å². The van der Waals surface area contributed by atoms with E-state index in [0.29, 0.717) is 62.2 Å². The first-order valence-electron chi connectivity index (χ1n) is 12.8. The normalized spacial score (nSPS) is 18.3. The average Bonchev–Trinajstić information content (AvgIpc) is 3.73. The van der Waals surface area contributed by atoms with Gasteiger partial charge in [0.25, 0.3) is 5.78 Å². The highest BCUT2D eigenvalue weighted by atomic mass is 16.3. The van der Waals surface area contributed by atoms with Gasteiger partial charge in [0.2, 0.25) is 29.5 Å². The molecule has 4 aromatic rings. The molecule has 1 atom stereocenters. The van der Waals surface area contributed by atoms with Crippen LogP contribution in [0.4, 0.5) is 17.6 Å². The molecule has 2 N–H and O–H groups in total. The monoisotopic (exact) mass is 515 g/mol. The second kappa shape index (κ2) is 9.77. The van der Waals surface area contributed by atoms with Gasteiger partial charge in [0.1, 0.15) is 6.04 Å². The van der Waals surface area contributed by atoms with Gasteiger partial charge >= 0.3 is 0 Å². The smallest absolute Gasteiger partial charge is 0.259 e. The number of carbonyl (C=O) groups is 2. The van der Waals surface area contributed by atoms with Crippen LogP contribution in [-0.2, 0) is 9.59 Å². The summed E-state index contributed by atoms with van der Waals surface area (Å²) in [6.45, 7) is 1.73. The number of piperidine rings is 1. The van der Waals surface area contributed by atoms with Crippen molar-refractivity contribution in [1.82, 2.24) is 29.5 Å². The molecule has 196 valence electrons. The third kappa shape index (κ3) is 4.31. The molecule has 2 fully saturated rings. The molecule has 0 unspecified atom stereocenters. The van der Waals surface area contributed by atoms with E-state index in [0.717, 1.165) is 12.1 Å². The van der Waals surface area contributed by atoms with E-state index >= 15 is 0 Å². The Hall–Kier alpha value is -4.48. The first-order valence-corrected chi connectivity index (χ1v) is 12.8. The van der Waals surface area contributed by atoms with Crippen LogP contribution < -0.4 is 15.5 Å². The topological polar surface area (TPSA) is 139 Å². The van der Waals surface area contributed by atoms with Crippen LogP contribution in [0.2, 0.25) is 0 Å². The third-order valence-corrected chi connectivity index (χ3v) is 7.39. The summed E-state index contributed by atoms with van der Waals surface area (Å²) < 4.78 is 6.74. The van der Waals surface area contributed by atoms with E-state index in [1.807, 2.05) is 40.1 Å². The van der Waals surface area contributed by atoms with E-state index in [1.54, 1.807) is 30.3 Å². The Morgan fingerprint density at radius 1 is 1.00 bits per heavy atom. The number of carbonyl (C=O) groups excluding carboxylic acids is 2. The summed E-state index contributed by atoms with van der Waals surface area (Å²) in [5.74, 6) is 1.66. The number of fused-ring (bicyclic) bond motifs is 1. The summed E-state index contributed by atoms with van der Waals surface area (Å²) in [5, 5.41) is 4.34. The maximum Gasteiger partial charge on any atom is 0.259 e. The zero-order valence-corrected chi connectivity index (χ0v) is 21.1. The number of furan rings is 1. The molecular weight excluding hydrogens is 486 g/mol. The number of benzene rings is 1. The number of para-hydroxylation sites is 1. The highest BCUT2D eigenvalue weighted by Gasteiger charge is 2.38. The van der Waals surface area contributed by atoms with Crippen LogP contribution in [0.15, 0.2) is 53.1 Å². The van der Waals surface area contributed by atoms with Gasteiger partial charge in [0.15, 0.2) is 5.76 Å². The number of aromatic nitrogens is 5. The van der Waals surface area contributed by atoms with Crippen molar-refractivity contribution in [2.24, 2.45) is 5.92 Å². The Morgan fingerprint density at radius 3 is 2.53 bits per heavy atom. The molecule has 1 aromatic carbocycles. The quantitative estimate of drug-likeness (QED) is 0.424. The summed E-state index contributed by atoms with van der Waals surface area (Å²) in [7, 11) is 1.81. The molecule has 12 heteroatoms. The molecule has 2 amide bonds. The molecule has 0 bridgehead atoms. The van der Waals surface area contributed by atoms with Crippen molar-refractivity contribution < 1.29 is 14.0 Å². The standard InChI is InChI=1S/C26H29N9O3/c1-32(18-7-3-2-4-8-18)22(36)17-11-14-33(15-12-17)23(37)19-9-5-13-34(19)25-29-24(27)35-26(30-25)28-21(31-35)20-10-6-16-38-20/h2-4,6-8,10,16-17,19H,5,9,11-15H2,1H3,(H2,27,28,29,30,31)/t19-/m0/s1. The number of amides is 2. The van der Waals surface area contributed by atoms with Crippen LogP contribution >= 0.6 is 0 Å². The van der Waals surface area contributed by atoms with Crippen molar-refractivity contribution >= 4 is 35.2 Å². The van der Waals surface area contributed by atoms with Crippen molar-refractivity contribution in [2.45, 2.75) is 31.7 Å². The number of nitrogen functional groups attached to an aromatic ring is 1. The summed E-state index contributed by atoms with van der Waals surface area (Å²) >= 11 is 0. The van der Waals surface area contributed by atoms with Crippen molar-refractivity contribution in [3.8, 4) is 11.6 Å². The number of anilines is 3. The van der Waals surface area contributed by atoms with Gasteiger partial charge in [-0.2, -0.15) is 19.5 Å². The number of hydrogen-bond donors (Lipinski definition) is 1. The van der Waals surface area contributed by atoms with Gasteiger partial charge in [-0.15, -0.1) is 5.10 Å². The maximum atomic E-state index is 13.6. The molecule has 2 aliphatic heterocycles. The molecule has 5 heterocycles. The molecule has 3 aromatic heterocycles. The molecule has 12 nitrogen and oxygen atoms in total.